The second-order valence-electron chi connectivity index (χ2n) is 6.20. The summed E-state index contributed by atoms with van der Waals surface area (Å²) >= 11 is 1.47. The topological polar surface area (TPSA) is 57.9 Å². The van der Waals surface area contributed by atoms with Crippen molar-refractivity contribution >= 4 is 22.2 Å². The zero-order valence-electron chi connectivity index (χ0n) is 14.3. The van der Waals surface area contributed by atoms with Crippen LogP contribution in [-0.2, 0) is 11.3 Å². The molecule has 0 unspecified atom stereocenters. The van der Waals surface area contributed by atoms with Crippen LogP contribution in [0.1, 0.15) is 32.4 Å². The van der Waals surface area contributed by atoms with Crippen LogP contribution in [0.2, 0.25) is 0 Å². The summed E-state index contributed by atoms with van der Waals surface area (Å²) in [6, 6.07) is 1.62. The van der Waals surface area contributed by atoms with Crippen LogP contribution in [0.15, 0.2) is 22.4 Å². The molecule has 1 aliphatic heterocycles. The van der Waals surface area contributed by atoms with Crippen molar-refractivity contribution in [3.8, 4) is 0 Å². The van der Waals surface area contributed by atoms with E-state index in [0.29, 0.717) is 6.54 Å². The Morgan fingerprint density at radius 2 is 2.04 bits per heavy atom. The fraction of sp³-hybridized carbons (Fsp3) is 0.588. The van der Waals surface area contributed by atoms with Crippen LogP contribution in [0, 0.1) is 5.92 Å². The Morgan fingerprint density at radius 3 is 2.71 bits per heavy atom. The Bertz CT molecular complexity index is 757. The first-order valence-electron chi connectivity index (χ1n) is 8.59. The van der Waals surface area contributed by atoms with Crippen molar-refractivity contribution in [3.05, 3.63) is 33.7 Å². The number of hydrogen-bond donors (Lipinski definition) is 0. The number of carbonyl (C=O) groups is 1. The van der Waals surface area contributed by atoms with Gasteiger partial charge in [0.1, 0.15) is 0 Å². The van der Waals surface area contributed by atoms with Crippen molar-refractivity contribution in [3.63, 3.8) is 0 Å². The predicted molar refractivity (Wildman–Crippen MR) is 95.3 cm³/mol. The molecule has 0 saturated carbocycles. The molecule has 0 spiro atoms. The fourth-order valence-corrected chi connectivity index (χ4v) is 4.07. The van der Waals surface area contributed by atoms with Crippen LogP contribution in [0.25, 0.3) is 4.96 Å². The van der Waals surface area contributed by atoms with Crippen LogP contribution < -0.4 is 5.56 Å². The Kier molecular flexibility index (Phi) is 5.30. The maximum absolute atomic E-state index is 12.4. The molecular formula is C17H24N4O2S. The van der Waals surface area contributed by atoms with Crippen molar-refractivity contribution in [2.45, 2.75) is 33.2 Å². The molecule has 0 N–H and O–H groups in total. The van der Waals surface area contributed by atoms with E-state index in [9.17, 15) is 9.59 Å². The summed E-state index contributed by atoms with van der Waals surface area (Å²) in [6.45, 7) is 8.06. The first kappa shape index (κ1) is 17.1. The minimum atomic E-state index is -0.0251. The standard InChI is InChI=1S/C17H24N4O2S/c1-3-20(4-2)16(23)13-5-7-19(8-6-13)12-14-11-15(22)21-9-10-24-17(21)18-14/h9-11,13H,3-8,12H2,1-2H3. The van der Waals surface area contributed by atoms with Gasteiger partial charge in [-0.2, -0.15) is 0 Å². The van der Waals surface area contributed by atoms with Crippen molar-refractivity contribution < 1.29 is 4.79 Å². The fourth-order valence-electron chi connectivity index (χ4n) is 3.33. The van der Waals surface area contributed by atoms with Crippen LogP contribution >= 0.6 is 11.3 Å². The first-order chi connectivity index (χ1) is 11.6. The summed E-state index contributed by atoms with van der Waals surface area (Å²) in [7, 11) is 0. The molecule has 130 valence electrons. The van der Waals surface area contributed by atoms with E-state index in [1.54, 1.807) is 16.7 Å². The number of carbonyl (C=O) groups excluding carboxylic acids is 1. The van der Waals surface area contributed by atoms with Gasteiger partial charge in [-0.1, -0.05) is 0 Å². The maximum atomic E-state index is 12.4. The third kappa shape index (κ3) is 3.52. The lowest BCUT2D eigenvalue weighted by Gasteiger charge is -2.33. The van der Waals surface area contributed by atoms with Gasteiger partial charge >= 0.3 is 0 Å². The second kappa shape index (κ2) is 7.44. The molecule has 6 nitrogen and oxygen atoms in total. The SMILES string of the molecule is CCN(CC)C(=O)C1CCN(Cc2cc(=O)n3ccsc3n2)CC1. The molecule has 1 amide bonds. The van der Waals surface area contributed by atoms with E-state index < -0.39 is 0 Å². The minimum absolute atomic E-state index is 0.0251. The van der Waals surface area contributed by atoms with Crippen LogP contribution in [0.5, 0.6) is 0 Å². The van der Waals surface area contributed by atoms with Crippen LogP contribution in [-0.4, -0.2) is 51.3 Å². The summed E-state index contributed by atoms with van der Waals surface area (Å²) < 4.78 is 1.57. The van der Waals surface area contributed by atoms with Crippen LogP contribution in [0.3, 0.4) is 0 Å². The summed E-state index contributed by atoms with van der Waals surface area (Å²) in [5.74, 6) is 0.426. The average Bonchev–Trinajstić information content (AvgIpc) is 3.05. The number of hydrogen-bond acceptors (Lipinski definition) is 5. The number of piperidine rings is 1. The quantitative estimate of drug-likeness (QED) is 0.827. The van der Waals surface area contributed by atoms with Gasteiger partial charge in [0.15, 0.2) is 4.96 Å². The van der Waals surface area contributed by atoms with Crippen molar-refractivity contribution in [2.75, 3.05) is 26.2 Å². The Hall–Kier alpha value is -1.73. The zero-order chi connectivity index (χ0) is 17.1. The molecule has 1 fully saturated rings. The first-order valence-corrected chi connectivity index (χ1v) is 9.47. The van der Waals surface area contributed by atoms with Gasteiger partial charge in [-0.25, -0.2) is 4.98 Å². The number of rotatable bonds is 5. The molecular weight excluding hydrogens is 324 g/mol. The van der Waals surface area contributed by atoms with Gasteiger partial charge in [0.05, 0.1) is 5.69 Å². The highest BCUT2D eigenvalue weighted by Crippen LogP contribution is 2.21. The Labute approximate surface area is 145 Å². The van der Waals surface area contributed by atoms with Gasteiger partial charge in [-0.3, -0.25) is 18.9 Å². The lowest BCUT2D eigenvalue weighted by atomic mass is 9.95. The molecule has 1 aliphatic rings. The summed E-state index contributed by atoms with van der Waals surface area (Å²) in [4.78, 5) is 34.0. The second-order valence-corrected chi connectivity index (χ2v) is 7.08. The highest BCUT2D eigenvalue weighted by atomic mass is 32.1. The van der Waals surface area contributed by atoms with Gasteiger partial charge in [-0.05, 0) is 39.8 Å². The lowest BCUT2D eigenvalue weighted by molar-refractivity contribution is -0.136. The molecule has 3 rings (SSSR count). The summed E-state index contributed by atoms with van der Waals surface area (Å²) in [5.41, 5.74) is 0.791. The number of nitrogens with zero attached hydrogens (tertiary/aromatic N) is 4. The molecule has 0 radical (unpaired) electrons. The van der Waals surface area contributed by atoms with E-state index in [2.05, 4.69) is 9.88 Å². The Morgan fingerprint density at radius 1 is 1.33 bits per heavy atom. The summed E-state index contributed by atoms with van der Waals surface area (Å²) in [6.07, 6.45) is 3.52. The molecule has 0 aromatic carbocycles. The monoisotopic (exact) mass is 348 g/mol. The highest BCUT2D eigenvalue weighted by Gasteiger charge is 2.27. The van der Waals surface area contributed by atoms with Crippen molar-refractivity contribution in [2.24, 2.45) is 5.92 Å². The number of aromatic nitrogens is 2. The highest BCUT2D eigenvalue weighted by molar-refractivity contribution is 7.15. The minimum Gasteiger partial charge on any atom is -0.343 e. The van der Waals surface area contributed by atoms with Gasteiger partial charge < -0.3 is 4.90 Å². The number of amides is 1. The molecule has 24 heavy (non-hydrogen) atoms. The summed E-state index contributed by atoms with van der Waals surface area (Å²) in [5, 5.41) is 1.87. The molecule has 0 atom stereocenters. The average molecular weight is 348 g/mol. The van der Waals surface area contributed by atoms with E-state index in [1.165, 1.54) is 11.3 Å². The molecule has 2 aromatic heterocycles. The van der Waals surface area contributed by atoms with E-state index in [1.807, 2.05) is 24.1 Å². The molecule has 2 aromatic rings. The predicted octanol–water partition coefficient (Wildman–Crippen LogP) is 1.84. The van der Waals surface area contributed by atoms with E-state index in [4.69, 9.17) is 0 Å². The molecule has 3 heterocycles. The third-order valence-corrected chi connectivity index (χ3v) is 5.51. The van der Waals surface area contributed by atoms with Crippen LogP contribution in [0.4, 0.5) is 0 Å². The maximum Gasteiger partial charge on any atom is 0.258 e. The smallest absolute Gasteiger partial charge is 0.258 e. The Balaban J connectivity index is 1.60. The normalized spacial score (nSPS) is 16.6. The zero-order valence-corrected chi connectivity index (χ0v) is 15.1. The van der Waals surface area contributed by atoms with Gasteiger partial charge in [0, 0.05) is 43.2 Å². The number of thiazole rings is 1. The molecule has 1 saturated heterocycles. The van der Waals surface area contributed by atoms with E-state index in [0.717, 1.165) is 49.7 Å². The molecule has 7 heteroatoms. The molecule has 0 aliphatic carbocycles. The largest absolute Gasteiger partial charge is 0.343 e. The number of fused-ring (bicyclic) bond motifs is 1. The molecule has 0 bridgehead atoms. The van der Waals surface area contributed by atoms with E-state index in [-0.39, 0.29) is 17.4 Å². The van der Waals surface area contributed by atoms with Crippen molar-refractivity contribution in [1.29, 1.82) is 0 Å². The van der Waals surface area contributed by atoms with Gasteiger partial charge in [0.2, 0.25) is 5.91 Å². The van der Waals surface area contributed by atoms with Gasteiger partial charge in [-0.15, -0.1) is 11.3 Å². The lowest BCUT2D eigenvalue weighted by Crippen LogP contribution is -2.42. The third-order valence-electron chi connectivity index (χ3n) is 4.75. The van der Waals surface area contributed by atoms with Gasteiger partial charge in [0.25, 0.3) is 5.56 Å². The van der Waals surface area contributed by atoms with E-state index >= 15 is 0 Å². The number of likely N-dealkylation sites (tertiary alicyclic amines) is 1. The van der Waals surface area contributed by atoms with Crippen molar-refractivity contribution in [1.82, 2.24) is 19.2 Å².